The van der Waals surface area contributed by atoms with Crippen LogP contribution >= 0.6 is 11.8 Å². The Morgan fingerprint density at radius 2 is 2.07 bits per heavy atom. The number of nitrogens with two attached hydrogens (primary N) is 1. The summed E-state index contributed by atoms with van der Waals surface area (Å²) >= 11 is 1.99. The van der Waals surface area contributed by atoms with Gasteiger partial charge in [0.25, 0.3) is 0 Å². The molecule has 0 unspecified atom stereocenters. The van der Waals surface area contributed by atoms with Gasteiger partial charge in [-0.2, -0.15) is 11.8 Å². The van der Waals surface area contributed by atoms with Gasteiger partial charge < -0.3 is 11.1 Å². The number of hydrogen-bond donors (Lipinski definition) is 2. The molecule has 0 radical (unpaired) electrons. The summed E-state index contributed by atoms with van der Waals surface area (Å²) in [6, 6.07) is 0.550. The molecule has 3 N–H and O–H groups in total. The molecule has 0 amide bonds. The fourth-order valence-electron chi connectivity index (χ4n) is 1.93. The number of hydrogen-bond acceptors (Lipinski definition) is 2. The molecule has 4 heteroatoms. The van der Waals surface area contributed by atoms with E-state index < -0.39 is 0 Å². The molecule has 3 nitrogen and oxygen atoms in total. The summed E-state index contributed by atoms with van der Waals surface area (Å²) in [5, 5.41) is 4.17. The van der Waals surface area contributed by atoms with Crippen LogP contribution in [0.1, 0.15) is 39.0 Å². The molecule has 0 aromatic rings. The average Bonchev–Trinajstić information content (AvgIpc) is 2.27. The van der Waals surface area contributed by atoms with Gasteiger partial charge >= 0.3 is 0 Å². The van der Waals surface area contributed by atoms with E-state index in [4.69, 9.17) is 5.73 Å². The third kappa shape index (κ3) is 4.78. The van der Waals surface area contributed by atoms with Crippen LogP contribution in [-0.4, -0.2) is 30.1 Å². The SMILES string of the molecule is CCCN=C(N)NC1CCC(SC)CC1. The first-order chi connectivity index (χ1) is 7.26. The molecule has 0 atom stereocenters. The quantitative estimate of drug-likeness (QED) is 0.572. The molecular formula is C11H23N3S. The van der Waals surface area contributed by atoms with Gasteiger partial charge in [-0.1, -0.05) is 6.92 Å². The van der Waals surface area contributed by atoms with E-state index in [2.05, 4.69) is 23.5 Å². The molecule has 0 heterocycles. The normalized spacial score (nSPS) is 27.7. The van der Waals surface area contributed by atoms with Crippen molar-refractivity contribution in [3.05, 3.63) is 0 Å². The van der Waals surface area contributed by atoms with E-state index in [1.54, 1.807) is 0 Å². The standard InChI is InChI=1S/C11H23N3S/c1-3-8-13-11(12)14-9-4-6-10(15-2)7-5-9/h9-10H,3-8H2,1-2H3,(H3,12,13,14). The Morgan fingerprint density at radius 1 is 1.40 bits per heavy atom. The highest BCUT2D eigenvalue weighted by Gasteiger charge is 2.20. The van der Waals surface area contributed by atoms with Crippen molar-refractivity contribution in [3.63, 3.8) is 0 Å². The first kappa shape index (κ1) is 12.7. The van der Waals surface area contributed by atoms with Crippen molar-refractivity contribution >= 4 is 17.7 Å². The van der Waals surface area contributed by atoms with Crippen molar-refractivity contribution in [2.24, 2.45) is 10.7 Å². The highest BCUT2D eigenvalue weighted by molar-refractivity contribution is 7.99. The maximum Gasteiger partial charge on any atom is 0.188 e. The number of rotatable bonds is 4. The smallest absolute Gasteiger partial charge is 0.188 e. The average molecular weight is 229 g/mol. The molecule has 1 saturated carbocycles. The van der Waals surface area contributed by atoms with Gasteiger partial charge in [-0.15, -0.1) is 0 Å². The summed E-state index contributed by atoms with van der Waals surface area (Å²) in [6.07, 6.45) is 8.33. The van der Waals surface area contributed by atoms with Gasteiger partial charge in [-0.3, -0.25) is 4.99 Å². The number of aliphatic imine (C=N–C) groups is 1. The molecule has 1 aliphatic carbocycles. The number of nitrogens with zero attached hydrogens (tertiary/aromatic N) is 1. The van der Waals surface area contributed by atoms with E-state index in [0.717, 1.165) is 18.2 Å². The second kappa shape index (κ2) is 6.99. The fraction of sp³-hybridized carbons (Fsp3) is 0.909. The summed E-state index contributed by atoms with van der Waals surface area (Å²) in [6.45, 7) is 2.94. The lowest BCUT2D eigenvalue weighted by molar-refractivity contribution is 0.420. The molecule has 0 saturated heterocycles. The topological polar surface area (TPSA) is 50.4 Å². The van der Waals surface area contributed by atoms with Crippen molar-refractivity contribution in [1.29, 1.82) is 0 Å². The number of guanidine groups is 1. The monoisotopic (exact) mass is 229 g/mol. The van der Waals surface area contributed by atoms with Gasteiger partial charge in [0.2, 0.25) is 0 Å². The van der Waals surface area contributed by atoms with E-state index in [1.807, 2.05) is 11.8 Å². The van der Waals surface area contributed by atoms with Crippen molar-refractivity contribution in [2.45, 2.75) is 50.3 Å². The molecular weight excluding hydrogens is 206 g/mol. The highest BCUT2D eigenvalue weighted by atomic mass is 32.2. The molecule has 0 aliphatic heterocycles. The predicted molar refractivity (Wildman–Crippen MR) is 69.5 cm³/mol. The van der Waals surface area contributed by atoms with Crippen LogP contribution in [0.2, 0.25) is 0 Å². The van der Waals surface area contributed by atoms with Gasteiger partial charge in [0.05, 0.1) is 0 Å². The first-order valence-electron chi connectivity index (χ1n) is 5.85. The molecule has 0 aromatic carbocycles. The Kier molecular flexibility index (Phi) is 5.91. The molecule has 0 spiro atoms. The van der Waals surface area contributed by atoms with Crippen molar-refractivity contribution in [2.75, 3.05) is 12.8 Å². The van der Waals surface area contributed by atoms with Crippen LogP contribution in [-0.2, 0) is 0 Å². The lowest BCUT2D eigenvalue weighted by atomic mass is 9.95. The zero-order valence-corrected chi connectivity index (χ0v) is 10.6. The van der Waals surface area contributed by atoms with Crippen molar-refractivity contribution in [1.82, 2.24) is 5.32 Å². The van der Waals surface area contributed by atoms with E-state index in [1.165, 1.54) is 25.7 Å². The molecule has 0 bridgehead atoms. The van der Waals surface area contributed by atoms with Gasteiger partial charge in [0, 0.05) is 17.8 Å². The molecule has 15 heavy (non-hydrogen) atoms. The maximum absolute atomic E-state index is 5.79. The van der Waals surface area contributed by atoms with Gasteiger partial charge in [-0.05, 0) is 38.4 Å². The minimum absolute atomic E-state index is 0.550. The lowest BCUT2D eigenvalue weighted by Crippen LogP contribution is -2.42. The van der Waals surface area contributed by atoms with E-state index in [9.17, 15) is 0 Å². The molecule has 1 fully saturated rings. The molecule has 0 aromatic heterocycles. The third-order valence-corrected chi connectivity index (χ3v) is 4.00. The second-order valence-electron chi connectivity index (χ2n) is 4.12. The number of nitrogens with one attached hydrogen (secondary N) is 1. The Balaban J connectivity index is 2.23. The maximum atomic E-state index is 5.79. The Morgan fingerprint density at radius 3 is 2.60 bits per heavy atom. The predicted octanol–water partition coefficient (Wildman–Crippen LogP) is 1.97. The van der Waals surface area contributed by atoms with E-state index in [0.29, 0.717) is 12.0 Å². The van der Waals surface area contributed by atoms with Crippen LogP contribution in [0.25, 0.3) is 0 Å². The Bertz CT molecular complexity index is 198. The van der Waals surface area contributed by atoms with Crippen LogP contribution in [0.15, 0.2) is 4.99 Å². The van der Waals surface area contributed by atoms with Crippen molar-refractivity contribution < 1.29 is 0 Å². The van der Waals surface area contributed by atoms with Gasteiger partial charge in [0.15, 0.2) is 5.96 Å². The minimum atomic E-state index is 0.550. The fourth-order valence-corrected chi connectivity index (χ4v) is 2.67. The Labute approximate surface area is 97.3 Å². The van der Waals surface area contributed by atoms with Crippen LogP contribution in [0.3, 0.4) is 0 Å². The van der Waals surface area contributed by atoms with E-state index >= 15 is 0 Å². The Hall–Kier alpha value is -0.380. The zero-order valence-electron chi connectivity index (χ0n) is 9.83. The summed E-state index contributed by atoms with van der Waals surface area (Å²) < 4.78 is 0. The zero-order chi connectivity index (χ0) is 11.1. The summed E-state index contributed by atoms with van der Waals surface area (Å²) in [5.74, 6) is 0.629. The summed E-state index contributed by atoms with van der Waals surface area (Å²) in [5.41, 5.74) is 5.79. The van der Waals surface area contributed by atoms with Crippen LogP contribution in [0, 0.1) is 0 Å². The van der Waals surface area contributed by atoms with Gasteiger partial charge in [0.1, 0.15) is 0 Å². The first-order valence-corrected chi connectivity index (χ1v) is 7.14. The largest absolute Gasteiger partial charge is 0.370 e. The third-order valence-electron chi connectivity index (χ3n) is 2.87. The van der Waals surface area contributed by atoms with Crippen LogP contribution in [0.5, 0.6) is 0 Å². The van der Waals surface area contributed by atoms with Gasteiger partial charge in [-0.25, -0.2) is 0 Å². The summed E-state index contributed by atoms with van der Waals surface area (Å²) in [7, 11) is 0. The molecule has 1 aliphatic rings. The highest BCUT2D eigenvalue weighted by Crippen LogP contribution is 2.26. The van der Waals surface area contributed by atoms with Crippen LogP contribution in [0.4, 0.5) is 0 Å². The number of thioether (sulfide) groups is 1. The minimum Gasteiger partial charge on any atom is -0.370 e. The summed E-state index contributed by atoms with van der Waals surface area (Å²) in [4.78, 5) is 4.25. The molecule has 88 valence electrons. The second-order valence-corrected chi connectivity index (χ2v) is 5.26. The van der Waals surface area contributed by atoms with Crippen molar-refractivity contribution in [3.8, 4) is 0 Å². The lowest BCUT2D eigenvalue weighted by Gasteiger charge is -2.28. The van der Waals surface area contributed by atoms with Crippen LogP contribution < -0.4 is 11.1 Å². The molecule has 1 rings (SSSR count). The van der Waals surface area contributed by atoms with E-state index in [-0.39, 0.29) is 0 Å².